The van der Waals surface area contributed by atoms with Gasteiger partial charge in [0.2, 0.25) is 0 Å². The van der Waals surface area contributed by atoms with E-state index in [1.54, 1.807) is 0 Å². The summed E-state index contributed by atoms with van der Waals surface area (Å²) in [5, 5.41) is 12.8. The molecule has 0 saturated carbocycles. The van der Waals surface area contributed by atoms with Crippen LogP contribution in [0.5, 0.6) is 0 Å². The Bertz CT molecular complexity index is 154. The van der Waals surface area contributed by atoms with E-state index in [0.717, 1.165) is 25.4 Å². The van der Waals surface area contributed by atoms with Crippen LogP contribution in [0.4, 0.5) is 0 Å². The van der Waals surface area contributed by atoms with Crippen LogP contribution in [-0.4, -0.2) is 48.8 Å². The van der Waals surface area contributed by atoms with Crippen molar-refractivity contribution in [3.8, 4) is 0 Å². The zero-order valence-electron chi connectivity index (χ0n) is 8.21. The van der Waals surface area contributed by atoms with Gasteiger partial charge < -0.3 is 15.3 Å². The van der Waals surface area contributed by atoms with Crippen LogP contribution in [0.2, 0.25) is 0 Å². The summed E-state index contributed by atoms with van der Waals surface area (Å²) in [7, 11) is 0. The molecule has 3 nitrogen and oxygen atoms in total. The number of rotatable bonds is 2. The Morgan fingerprint density at radius 2 is 2.00 bits per heavy atom. The normalized spacial score (nSPS) is 32.5. The summed E-state index contributed by atoms with van der Waals surface area (Å²) in [6.07, 6.45) is 3.55. The predicted molar refractivity (Wildman–Crippen MR) is 52.7 cm³/mol. The van der Waals surface area contributed by atoms with Crippen molar-refractivity contribution in [2.45, 2.75) is 25.4 Å². The lowest BCUT2D eigenvalue weighted by molar-refractivity contribution is 0.165. The lowest BCUT2D eigenvalue weighted by Crippen LogP contribution is -2.35. The Kier molecular flexibility index (Phi) is 3.19. The van der Waals surface area contributed by atoms with Gasteiger partial charge >= 0.3 is 0 Å². The van der Waals surface area contributed by atoms with Crippen molar-refractivity contribution < 1.29 is 5.11 Å². The Balaban J connectivity index is 1.71. The molecule has 2 aliphatic heterocycles. The maximum Gasteiger partial charge on any atom is 0.0679 e. The molecule has 3 heteroatoms. The minimum Gasteiger partial charge on any atom is -0.392 e. The number of hydrogen-bond acceptors (Lipinski definition) is 3. The first-order valence-corrected chi connectivity index (χ1v) is 5.46. The van der Waals surface area contributed by atoms with E-state index in [-0.39, 0.29) is 6.10 Å². The number of piperidine rings is 1. The van der Waals surface area contributed by atoms with Crippen molar-refractivity contribution in [1.82, 2.24) is 10.2 Å². The largest absolute Gasteiger partial charge is 0.392 e. The molecular weight excluding hydrogens is 164 g/mol. The summed E-state index contributed by atoms with van der Waals surface area (Å²) in [6, 6.07) is 0. The van der Waals surface area contributed by atoms with Crippen LogP contribution in [0.3, 0.4) is 0 Å². The highest BCUT2D eigenvalue weighted by Crippen LogP contribution is 2.17. The third kappa shape index (κ3) is 2.66. The molecule has 0 bridgehead atoms. The predicted octanol–water partition coefficient (Wildman–Crippen LogP) is 0.0526. The molecule has 2 rings (SSSR count). The first-order chi connectivity index (χ1) is 6.34. The van der Waals surface area contributed by atoms with E-state index in [9.17, 15) is 5.11 Å². The molecule has 0 spiro atoms. The molecule has 1 unspecified atom stereocenters. The van der Waals surface area contributed by atoms with Gasteiger partial charge in [-0.25, -0.2) is 0 Å². The summed E-state index contributed by atoms with van der Waals surface area (Å²) in [6.45, 7) is 5.58. The zero-order valence-corrected chi connectivity index (χ0v) is 8.21. The van der Waals surface area contributed by atoms with Gasteiger partial charge in [0.25, 0.3) is 0 Å². The number of nitrogens with zero attached hydrogens (tertiary/aromatic N) is 1. The van der Waals surface area contributed by atoms with Crippen molar-refractivity contribution in [2.75, 3.05) is 32.7 Å². The Morgan fingerprint density at radius 3 is 2.62 bits per heavy atom. The number of nitrogens with one attached hydrogen (secondary N) is 1. The Labute approximate surface area is 80.1 Å². The molecule has 0 aliphatic carbocycles. The topological polar surface area (TPSA) is 35.5 Å². The van der Waals surface area contributed by atoms with Crippen LogP contribution >= 0.6 is 0 Å². The van der Waals surface area contributed by atoms with Crippen molar-refractivity contribution in [3.63, 3.8) is 0 Å². The number of aliphatic hydroxyl groups is 1. The average Bonchev–Trinajstić information content (AvgIpc) is 2.53. The minimum atomic E-state index is -0.0540. The van der Waals surface area contributed by atoms with Gasteiger partial charge in [-0.05, 0) is 38.3 Å². The molecule has 76 valence electrons. The molecule has 0 aromatic heterocycles. The number of aliphatic hydroxyl groups excluding tert-OH is 1. The second kappa shape index (κ2) is 4.40. The maximum atomic E-state index is 9.38. The molecule has 0 radical (unpaired) electrons. The summed E-state index contributed by atoms with van der Waals surface area (Å²) in [4.78, 5) is 2.42. The first-order valence-electron chi connectivity index (χ1n) is 5.46. The number of hydrogen-bond donors (Lipinski definition) is 2. The molecule has 0 aromatic rings. The van der Waals surface area contributed by atoms with Gasteiger partial charge in [0.05, 0.1) is 6.10 Å². The van der Waals surface area contributed by atoms with E-state index in [2.05, 4.69) is 10.2 Å². The van der Waals surface area contributed by atoms with Crippen molar-refractivity contribution >= 4 is 0 Å². The quantitative estimate of drug-likeness (QED) is 0.636. The van der Waals surface area contributed by atoms with Crippen LogP contribution in [0.15, 0.2) is 0 Å². The van der Waals surface area contributed by atoms with E-state index < -0.39 is 0 Å². The van der Waals surface area contributed by atoms with Crippen LogP contribution in [-0.2, 0) is 0 Å². The molecule has 13 heavy (non-hydrogen) atoms. The summed E-state index contributed by atoms with van der Waals surface area (Å²) in [5.74, 6) is 0.867. The Morgan fingerprint density at radius 1 is 1.23 bits per heavy atom. The van der Waals surface area contributed by atoms with Crippen molar-refractivity contribution in [2.24, 2.45) is 5.92 Å². The zero-order chi connectivity index (χ0) is 9.10. The molecule has 0 aromatic carbocycles. The van der Waals surface area contributed by atoms with Gasteiger partial charge in [-0.15, -0.1) is 0 Å². The molecule has 2 aliphatic rings. The van der Waals surface area contributed by atoms with Gasteiger partial charge in [0, 0.05) is 19.6 Å². The summed E-state index contributed by atoms with van der Waals surface area (Å²) >= 11 is 0. The third-order valence-electron chi connectivity index (χ3n) is 3.22. The van der Waals surface area contributed by atoms with Gasteiger partial charge in [-0.1, -0.05) is 0 Å². The second-order valence-electron chi connectivity index (χ2n) is 4.40. The van der Waals surface area contributed by atoms with E-state index >= 15 is 0 Å². The monoisotopic (exact) mass is 184 g/mol. The van der Waals surface area contributed by atoms with Gasteiger partial charge in [-0.3, -0.25) is 0 Å². The smallest absolute Gasteiger partial charge is 0.0679 e. The van der Waals surface area contributed by atoms with E-state index in [1.165, 1.54) is 32.5 Å². The maximum absolute atomic E-state index is 9.38. The molecule has 2 fully saturated rings. The highest BCUT2D eigenvalue weighted by molar-refractivity contribution is 4.78. The fourth-order valence-electron chi connectivity index (χ4n) is 2.41. The fourth-order valence-corrected chi connectivity index (χ4v) is 2.41. The van der Waals surface area contributed by atoms with Crippen LogP contribution < -0.4 is 5.32 Å². The van der Waals surface area contributed by atoms with Crippen LogP contribution in [0.1, 0.15) is 19.3 Å². The lowest BCUT2D eigenvalue weighted by Gasteiger charge is -2.27. The SMILES string of the molecule is OC1CCN(CC2CCNCC2)C1. The molecule has 2 heterocycles. The van der Waals surface area contributed by atoms with Gasteiger partial charge in [0.15, 0.2) is 0 Å². The summed E-state index contributed by atoms with van der Waals surface area (Å²) < 4.78 is 0. The third-order valence-corrected chi connectivity index (χ3v) is 3.22. The molecule has 0 amide bonds. The van der Waals surface area contributed by atoms with E-state index in [1.807, 2.05) is 0 Å². The highest BCUT2D eigenvalue weighted by atomic mass is 16.3. The first kappa shape index (κ1) is 9.44. The molecule has 1 atom stereocenters. The molecule has 2 N–H and O–H groups in total. The summed E-state index contributed by atoms with van der Waals surface area (Å²) in [5.41, 5.74) is 0. The fraction of sp³-hybridized carbons (Fsp3) is 1.00. The van der Waals surface area contributed by atoms with Crippen LogP contribution in [0, 0.1) is 5.92 Å². The van der Waals surface area contributed by atoms with Gasteiger partial charge in [-0.2, -0.15) is 0 Å². The Hall–Kier alpha value is -0.120. The van der Waals surface area contributed by atoms with Crippen LogP contribution in [0.25, 0.3) is 0 Å². The average molecular weight is 184 g/mol. The highest BCUT2D eigenvalue weighted by Gasteiger charge is 2.23. The lowest BCUT2D eigenvalue weighted by atomic mass is 9.98. The standard InChI is InChI=1S/C10H20N2O/c13-10-3-6-12(8-10)7-9-1-4-11-5-2-9/h9-11,13H,1-8H2. The van der Waals surface area contributed by atoms with E-state index in [4.69, 9.17) is 0 Å². The van der Waals surface area contributed by atoms with Crippen molar-refractivity contribution in [1.29, 1.82) is 0 Å². The number of likely N-dealkylation sites (tertiary alicyclic amines) is 1. The minimum absolute atomic E-state index is 0.0540. The van der Waals surface area contributed by atoms with Crippen molar-refractivity contribution in [3.05, 3.63) is 0 Å². The second-order valence-corrected chi connectivity index (χ2v) is 4.40. The van der Waals surface area contributed by atoms with Gasteiger partial charge in [0.1, 0.15) is 0 Å². The van der Waals surface area contributed by atoms with E-state index in [0.29, 0.717) is 0 Å². The molecular formula is C10H20N2O. The number of β-amino-alcohol motifs (C(OH)–C–C–N with tert-alkyl or cyclic N) is 1. The molecule has 2 saturated heterocycles.